The number of anilines is 1. The van der Waals surface area contributed by atoms with E-state index in [2.05, 4.69) is 10.3 Å². The molecule has 0 bridgehead atoms. The molecule has 0 atom stereocenters. The molecule has 4 nitrogen and oxygen atoms in total. The summed E-state index contributed by atoms with van der Waals surface area (Å²) < 4.78 is 0. The Kier molecular flexibility index (Phi) is 4.68. The standard InChI is InChI=1S/C17H20N2O2/c1-11-12(2)17(21)14(13(3)16(11)20)7-6-10-19-15-8-4-5-9-18-15/h4-5,8-9H,6-7,10H2,1-3H3,(H,18,19). The third-order valence-electron chi connectivity index (χ3n) is 3.89. The maximum atomic E-state index is 12.3. The molecule has 0 unspecified atom stereocenters. The van der Waals surface area contributed by atoms with Crippen molar-refractivity contribution < 1.29 is 9.59 Å². The van der Waals surface area contributed by atoms with Crippen molar-refractivity contribution >= 4 is 17.4 Å². The lowest BCUT2D eigenvalue weighted by Crippen LogP contribution is -2.21. The number of rotatable bonds is 5. The molecule has 0 fully saturated rings. The number of hydrogen-bond acceptors (Lipinski definition) is 4. The third-order valence-corrected chi connectivity index (χ3v) is 3.89. The fraction of sp³-hybridized carbons (Fsp3) is 0.353. The lowest BCUT2D eigenvalue weighted by atomic mass is 9.84. The van der Waals surface area contributed by atoms with Crippen molar-refractivity contribution in [3.05, 3.63) is 46.7 Å². The Labute approximate surface area is 125 Å². The summed E-state index contributed by atoms with van der Waals surface area (Å²) in [6, 6.07) is 5.68. The predicted octanol–water partition coefficient (Wildman–Crippen LogP) is 3.08. The van der Waals surface area contributed by atoms with Gasteiger partial charge in [0.15, 0.2) is 11.6 Å². The van der Waals surface area contributed by atoms with E-state index in [1.54, 1.807) is 27.0 Å². The van der Waals surface area contributed by atoms with Gasteiger partial charge in [-0.15, -0.1) is 0 Å². The van der Waals surface area contributed by atoms with Crippen LogP contribution >= 0.6 is 0 Å². The first-order valence-corrected chi connectivity index (χ1v) is 7.14. The highest BCUT2D eigenvalue weighted by molar-refractivity contribution is 6.24. The van der Waals surface area contributed by atoms with Gasteiger partial charge in [-0.1, -0.05) is 6.07 Å². The third kappa shape index (κ3) is 3.27. The van der Waals surface area contributed by atoms with Gasteiger partial charge in [0.25, 0.3) is 0 Å². The Morgan fingerprint density at radius 1 is 1.00 bits per heavy atom. The summed E-state index contributed by atoms with van der Waals surface area (Å²) in [6.45, 7) is 5.92. The minimum absolute atomic E-state index is 0.000199. The van der Waals surface area contributed by atoms with Gasteiger partial charge in [0.2, 0.25) is 0 Å². The molecule has 0 aliphatic heterocycles. The number of aromatic nitrogens is 1. The van der Waals surface area contributed by atoms with E-state index in [4.69, 9.17) is 0 Å². The van der Waals surface area contributed by atoms with E-state index in [0.717, 1.165) is 18.8 Å². The number of nitrogens with zero attached hydrogens (tertiary/aromatic N) is 1. The molecule has 4 heteroatoms. The Balaban J connectivity index is 1.94. The quantitative estimate of drug-likeness (QED) is 0.667. The summed E-state index contributed by atoms with van der Waals surface area (Å²) in [5, 5.41) is 3.20. The molecule has 0 saturated carbocycles. The van der Waals surface area contributed by atoms with Gasteiger partial charge in [0, 0.05) is 35.0 Å². The minimum Gasteiger partial charge on any atom is -0.370 e. The summed E-state index contributed by atoms with van der Waals surface area (Å²) in [5.41, 5.74) is 2.41. The lowest BCUT2D eigenvalue weighted by Gasteiger charge is -2.18. The van der Waals surface area contributed by atoms with Gasteiger partial charge >= 0.3 is 0 Å². The molecule has 1 aromatic rings. The van der Waals surface area contributed by atoms with Crippen LogP contribution in [-0.4, -0.2) is 23.1 Å². The molecule has 0 aromatic carbocycles. The molecule has 0 radical (unpaired) electrons. The van der Waals surface area contributed by atoms with Gasteiger partial charge in [-0.2, -0.15) is 0 Å². The summed E-state index contributed by atoms with van der Waals surface area (Å²) in [6.07, 6.45) is 3.13. The number of ketones is 2. The number of allylic oxidation sites excluding steroid dienone is 4. The average Bonchev–Trinajstić information content (AvgIpc) is 2.51. The zero-order chi connectivity index (χ0) is 15.4. The normalized spacial score (nSPS) is 15.8. The number of Topliss-reactive ketones (excluding diaryl/α,β-unsaturated/α-hetero) is 2. The molecular weight excluding hydrogens is 264 g/mol. The maximum absolute atomic E-state index is 12.3. The van der Waals surface area contributed by atoms with Gasteiger partial charge in [-0.05, 0) is 45.7 Å². The van der Waals surface area contributed by atoms with Gasteiger partial charge in [-0.3, -0.25) is 9.59 Å². The Bertz CT molecular complexity index is 627. The van der Waals surface area contributed by atoms with Crippen LogP contribution in [0, 0.1) is 0 Å². The highest BCUT2D eigenvalue weighted by Gasteiger charge is 2.27. The second-order valence-corrected chi connectivity index (χ2v) is 5.26. The molecule has 0 amide bonds. The predicted molar refractivity (Wildman–Crippen MR) is 83.0 cm³/mol. The first-order valence-electron chi connectivity index (χ1n) is 7.14. The van der Waals surface area contributed by atoms with Crippen LogP contribution in [0.25, 0.3) is 0 Å². The maximum Gasteiger partial charge on any atom is 0.185 e. The number of hydrogen-bond donors (Lipinski definition) is 1. The largest absolute Gasteiger partial charge is 0.370 e. The van der Waals surface area contributed by atoms with Crippen LogP contribution in [0.4, 0.5) is 5.82 Å². The summed E-state index contributed by atoms with van der Waals surface area (Å²) >= 11 is 0. The van der Waals surface area contributed by atoms with Crippen molar-refractivity contribution in [3.63, 3.8) is 0 Å². The molecule has 110 valence electrons. The van der Waals surface area contributed by atoms with E-state index in [1.807, 2.05) is 18.2 Å². The van der Waals surface area contributed by atoms with Crippen LogP contribution in [-0.2, 0) is 9.59 Å². The summed E-state index contributed by atoms with van der Waals surface area (Å²) in [4.78, 5) is 28.5. The molecule has 1 aromatic heterocycles. The molecule has 21 heavy (non-hydrogen) atoms. The van der Waals surface area contributed by atoms with E-state index in [-0.39, 0.29) is 11.6 Å². The van der Waals surface area contributed by atoms with Crippen molar-refractivity contribution in [1.29, 1.82) is 0 Å². The van der Waals surface area contributed by atoms with Gasteiger partial charge < -0.3 is 5.32 Å². The van der Waals surface area contributed by atoms with Crippen LogP contribution in [0.3, 0.4) is 0 Å². The SMILES string of the molecule is CC1=C(C)C(=O)C(CCCNc2ccccn2)=C(C)C1=O. The smallest absolute Gasteiger partial charge is 0.185 e. The van der Waals surface area contributed by atoms with E-state index in [1.165, 1.54) is 0 Å². The van der Waals surface area contributed by atoms with E-state index in [0.29, 0.717) is 28.7 Å². The van der Waals surface area contributed by atoms with Crippen molar-refractivity contribution in [2.75, 3.05) is 11.9 Å². The van der Waals surface area contributed by atoms with E-state index in [9.17, 15) is 9.59 Å². The number of pyridine rings is 1. The van der Waals surface area contributed by atoms with Crippen molar-refractivity contribution in [3.8, 4) is 0 Å². The van der Waals surface area contributed by atoms with Crippen LogP contribution in [0.5, 0.6) is 0 Å². The highest BCUT2D eigenvalue weighted by atomic mass is 16.1. The summed E-state index contributed by atoms with van der Waals surface area (Å²) in [7, 11) is 0. The monoisotopic (exact) mass is 284 g/mol. The second kappa shape index (κ2) is 6.48. The van der Waals surface area contributed by atoms with Crippen molar-refractivity contribution in [1.82, 2.24) is 4.98 Å². The highest BCUT2D eigenvalue weighted by Crippen LogP contribution is 2.26. The molecular formula is C17H20N2O2. The zero-order valence-corrected chi connectivity index (χ0v) is 12.7. The Morgan fingerprint density at radius 3 is 2.38 bits per heavy atom. The molecule has 0 saturated heterocycles. The number of nitrogens with one attached hydrogen (secondary N) is 1. The fourth-order valence-electron chi connectivity index (χ4n) is 2.41. The van der Waals surface area contributed by atoms with Crippen LogP contribution in [0.2, 0.25) is 0 Å². The topological polar surface area (TPSA) is 59.1 Å². The molecule has 1 heterocycles. The molecule has 2 rings (SSSR count). The van der Waals surface area contributed by atoms with Crippen LogP contribution in [0.15, 0.2) is 46.7 Å². The van der Waals surface area contributed by atoms with Gasteiger partial charge in [0.1, 0.15) is 5.82 Å². The van der Waals surface area contributed by atoms with Crippen LogP contribution in [0.1, 0.15) is 33.6 Å². The number of carbonyl (C=O) groups excluding carboxylic acids is 2. The first-order chi connectivity index (χ1) is 10.0. The van der Waals surface area contributed by atoms with Gasteiger partial charge in [0.05, 0.1) is 0 Å². The van der Waals surface area contributed by atoms with E-state index < -0.39 is 0 Å². The van der Waals surface area contributed by atoms with E-state index >= 15 is 0 Å². The molecule has 0 spiro atoms. The fourth-order valence-corrected chi connectivity index (χ4v) is 2.41. The lowest BCUT2D eigenvalue weighted by molar-refractivity contribution is -0.116. The molecule has 1 aliphatic rings. The molecule has 1 N–H and O–H groups in total. The average molecular weight is 284 g/mol. The number of carbonyl (C=O) groups is 2. The van der Waals surface area contributed by atoms with Gasteiger partial charge in [-0.25, -0.2) is 4.98 Å². The summed E-state index contributed by atoms with van der Waals surface area (Å²) in [5.74, 6) is 0.836. The van der Waals surface area contributed by atoms with Crippen molar-refractivity contribution in [2.45, 2.75) is 33.6 Å². The minimum atomic E-state index is -0.000199. The van der Waals surface area contributed by atoms with Crippen molar-refractivity contribution in [2.24, 2.45) is 0 Å². The Morgan fingerprint density at radius 2 is 1.71 bits per heavy atom. The Hall–Kier alpha value is -2.23. The second-order valence-electron chi connectivity index (χ2n) is 5.26. The molecule has 1 aliphatic carbocycles. The van der Waals surface area contributed by atoms with Crippen LogP contribution < -0.4 is 5.32 Å². The first kappa shape index (κ1) is 15.2. The zero-order valence-electron chi connectivity index (χ0n) is 12.7.